The highest BCUT2D eigenvalue weighted by Gasteiger charge is 2.58. The molecule has 11 rings (SSSR count). The highest BCUT2D eigenvalue weighted by atomic mass is 28.3. The molecule has 2 atom stereocenters. The first-order valence-electron chi connectivity index (χ1n) is 19.7. The van der Waals surface area contributed by atoms with Crippen LogP contribution >= 0.6 is 0 Å². The van der Waals surface area contributed by atoms with Gasteiger partial charge in [-0.1, -0.05) is 110 Å². The average molecular weight is 704 g/mol. The van der Waals surface area contributed by atoms with Gasteiger partial charge in [0.1, 0.15) is 8.07 Å². The van der Waals surface area contributed by atoms with Crippen LogP contribution in [0.25, 0.3) is 0 Å². The normalized spacial score (nSPS) is 22.4. The summed E-state index contributed by atoms with van der Waals surface area (Å²) in [5.74, 6) is 0. The van der Waals surface area contributed by atoms with Crippen molar-refractivity contribution in [1.82, 2.24) is 0 Å². The van der Waals surface area contributed by atoms with Gasteiger partial charge >= 0.3 is 0 Å². The Bertz CT molecular complexity index is 2400. The summed E-state index contributed by atoms with van der Waals surface area (Å²) in [7, 11) is -2.11. The van der Waals surface area contributed by atoms with Crippen molar-refractivity contribution in [1.29, 1.82) is 0 Å². The lowest BCUT2D eigenvalue weighted by Crippen LogP contribution is -2.79. The molecule has 0 bridgehead atoms. The van der Waals surface area contributed by atoms with Crippen molar-refractivity contribution < 1.29 is 0 Å². The minimum atomic E-state index is -2.11. The Morgan fingerprint density at radius 2 is 1.02 bits per heavy atom. The van der Waals surface area contributed by atoms with Gasteiger partial charge in [0.25, 0.3) is 6.71 Å². The Hall–Kier alpha value is -5.00. The Kier molecular flexibility index (Phi) is 6.29. The molecule has 2 unspecified atom stereocenters. The van der Waals surface area contributed by atoms with Gasteiger partial charge in [-0.05, 0) is 121 Å². The predicted octanol–water partition coefficient (Wildman–Crippen LogP) is 9.26. The van der Waals surface area contributed by atoms with Crippen LogP contribution in [0, 0.1) is 13.8 Å². The number of hydrogen-bond acceptors (Lipinski definition) is 3. The fourth-order valence-electron chi connectivity index (χ4n) is 11.6. The van der Waals surface area contributed by atoms with Gasteiger partial charge in [-0.25, -0.2) is 0 Å². The summed E-state index contributed by atoms with van der Waals surface area (Å²) in [6.07, 6.45) is 4.93. The van der Waals surface area contributed by atoms with E-state index in [1.165, 1.54) is 104 Å². The average Bonchev–Trinajstić information content (AvgIpc) is 3.37. The van der Waals surface area contributed by atoms with E-state index in [0.29, 0.717) is 0 Å². The van der Waals surface area contributed by atoms with Crippen LogP contribution in [0.4, 0.5) is 45.5 Å². The molecule has 0 amide bonds. The lowest BCUT2D eigenvalue weighted by Gasteiger charge is -2.52. The van der Waals surface area contributed by atoms with Crippen molar-refractivity contribution in [2.45, 2.75) is 77.4 Å². The van der Waals surface area contributed by atoms with Crippen molar-refractivity contribution in [2.75, 3.05) is 14.7 Å². The molecule has 260 valence electrons. The number of rotatable bonds is 3. The third kappa shape index (κ3) is 3.91. The van der Waals surface area contributed by atoms with Crippen LogP contribution in [0.3, 0.4) is 0 Å². The number of fused-ring (bicyclic) bond motifs is 3. The van der Waals surface area contributed by atoms with Crippen LogP contribution in [0.1, 0.15) is 56.2 Å². The van der Waals surface area contributed by atoms with E-state index in [-0.39, 0.29) is 17.7 Å². The molecule has 5 heteroatoms. The lowest BCUT2D eigenvalue weighted by molar-refractivity contribution is 0.195. The van der Waals surface area contributed by atoms with Gasteiger partial charge in [0.15, 0.2) is 0 Å². The number of aryl methyl sites for hydroxylation is 2. The molecule has 6 aromatic carbocycles. The van der Waals surface area contributed by atoms with Crippen molar-refractivity contribution in [3.63, 3.8) is 0 Å². The number of anilines is 8. The van der Waals surface area contributed by atoms with Crippen LogP contribution in [-0.2, 0) is 5.41 Å². The van der Waals surface area contributed by atoms with E-state index in [1.54, 1.807) is 10.4 Å². The summed E-state index contributed by atoms with van der Waals surface area (Å²) in [4.78, 5) is 8.04. The largest absolute Gasteiger partial charge is 0.334 e. The molecule has 1 aliphatic carbocycles. The van der Waals surface area contributed by atoms with E-state index in [4.69, 9.17) is 0 Å². The van der Waals surface area contributed by atoms with Crippen molar-refractivity contribution in [3.8, 4) is 0 Å². The molecule has 0 N–H and O–H groups in total. The Balaban J connectivity index is 1.30. The van der Waals surface area contributed by atoms with Gasteiger partial charge in [-0.3, -0.25) is 0 Å². The maximum Gasteiger partial charge on any atom is 0.251 e. The summed E-state index contributed by atoms with van der Waals surface area (Å²) in [6.45, 7) is 15.1. The van der Waals surface area contributed by atoms with Gasteiger partial charge in [-0.15, -0.1) is 0 Å². The van der Waals surface area contributed by atoms with E-state index >= 15 is 0 Å². The van der Waals surface area contributed by atoms with E-state index in [2.05, 4.69) is 177 Å². The van der Waals surface area contributed by atoms with Crippen LogP contribution in [-0.4, -0.2) is 20.3 Å². The molecule has 53 heavy (non-hydrogen) atoms. The first-order chi connectivity index (χ1) is 25.6. The lowest BCUT2D eigenvalue weighted by atomic mass is 9.33. The van der Waals surface area contributed by atoms with Gasteiger partial charge < -0.3 is 14.7 Å². The molecule has 0 saturated heterocycles. The molecule has 5 aliphatic rings. The van der Waals surface area contributed by atoms with E-state index in [0.717, 1.165) is 0 Å². The van der Waals surface area contributed by atoms with E-state index in [9.17, 15) is 0 Å². The summed E-state index contributed by atoms with van der Waals surface area (Å²) in [5.41, 5.74) is 19.2. The molecule has 6 aromatic rings. The zero-order valence-corrected chi connectivity index (χ0v) is 32.8. The topological polar surface area (TPSA) is 9.72 Å². The SMILES string of the molecule is Cc1cc2c3c(c1)[Si](C)(C)c1cc(C)cc4c1B3c1c(cc(N3c5ccccc5C5(C)CCCCC35C)cc1N4c1ccccc1)N2c1ccccc1. The van der Waals surface area contributed by atoms with E-state index < -0.39 is 8.07 Å². The number of hydrogen-bond donors (Lipinski definition) is 0. The molecule has 0 aromatic heterocycles. The third-order valence-corrected chi connectivity index (χ3v) is 17.7. The number of benzene rings is 6. The molecular formula is C48H46BN3Si. The molecule has 4 aliphatic heterocycles. The Labute approximate surface area is 316 Å². The van der Waals surface area contributed by atoms with Crippen LogP contribution in [0.5, 0.6) is 0 Å². The quantitative estimate of drug-likeness (QED) is 0.170. The first kappa shape index (κ1) is 31.5. The molecule has 1 fully saturated rings. The smallest absolute Gasteiger partial charge is 0.251 e. The Morgan fingerprint density at radius 1 is 0.528 bits per heavy atom. The molecule has 0 spiro atoms. The van der Waals surface area contributed by atoms with Gasteiger partial charge in [-0.2, -0.15) is 0 Å². The second-order valence-corrected chi connectivity index (χ2v) is 21.8. The maximum absolute atomic E-state index is 2.77. The van der Waals surface area contributed by atoms with Crippen molar-refractivity contribution in [3.05, 3.63) is 138 Å². The third-order valence-electron chi connectivity index (χ3n) is 14.2. The first-order valence-corrected chi connectivity index (χ1v) is 22.7. The molecule has 4 heterocycles. The Morgan fingerprint density at radius 3 is 1.58 bits per heavy atom. The number of para-hydroxylation sites is 3. The standard InChI is InChI=1S/C48H46BN3Si/c1-31-25-38-45-42(27-31)53(5,6)43-28-32(2)26-39-46(43)49(45)44-40(50(38)33-17-9-7-10-18-33)29-35(30-41(44)51(39)34-19-11-8-12-20-34)52-37-22-14-13-21-36(37)47(3)23-15-16-24-48(47,52)4/h7-14,17-22,25-30H,15-16,23-24H2,1-6H3. The zero-order valence-electron chi connectivity index (χ0n) is 31.8. The number of nitrogens with zero attached hydrogens (tertiary/aromatic N) is 3. The van der Waals surface area contributed by atoms with E-state index in [1.807, 2.05) is 0 Å². The van der Waals surface area contributed by atoms with Gasteiger partial charge in [0.05, 0.1) is 5.54 Å². The maximum atomic E-state index is 2.77. The fourth-order valence-corrected chi connectivity index (χ4v) is 15.0. The summed E-state index contributed by atoms with van der Waals surface area (Å²) < 4.78 is 0. The highest BCUT2D eigenvalue weighted by molar-refractivity contribution is 7.16. The second kappa shape index (κ2) is 10.6. The molecule has 0 radical (unpaired) electrons. The highest BCUT2D eigenvalue weighted by Crippen LogP contribution is 2.61. The minimum Gasteiger partial charge on any atom is -0.334 e. The molecule has 3 nitrogen and oxygen atoms in total. The summed E-state index contributed by atoms with van der Waals surface area (Å²) >= 11 is 0. The van der Waals surface area contributed by atoms with Gasteiger partial charge in [0.2, 0.25) is 0 Å². The predicted molar refractivity (Wildman–Crippen MR) is 229 cm³/mol. The fraction of sp³-hybridized carbons (Fsp3) is 0.250. The van der Waals surface area contributed by atoms with Gasteiger partial charge in [0, 0.05) is 50.9 Å². The minimum absolute atomic E-state index is 0.0435. The summed E-state index contributed by atoms with van der Waals surface area (Å²) in [6, 6.07) is 46.9. The van der Waals surface area contributed by atoms with Crippen molar-refractivity contribution in [2.24, 2.45) is 0 Å². The zero-order chi connectivity index (χ0) is 36.0. The molecule has 1 saturated carbocycles. The van der Waals surface area contributed by atoms with Crippen molar-refractivity contribution >= 4 is 87.0 Å². The second-order valence-electron chi connectivity index (χ2n) is 17.5. The molecular weight excluding hydrogens is 657 g/mol. The summed E-state index contributed by atoms with van der Waals surface area (Å²) in [5, 5.41) is 3.19. The van der Waals surface area contributed by atoms with Crippen LogP contribution in [0.15, 0.2) is 121 Å². The van der Waals surface area contributed by atoms with Crippen LogP contribution in [0.2, 0.25) is 13.1 Å². The monoisotopic (exact) mass is 703 g/mol. The van der Waals surface area contributed by atoms with Crippen LogP contribution < -0.4 is 41.5 Å².